The van der Waals surface area contributed by atoms with Crippen LogP contribution in [-0.4, -0.2) is 41.0 Å². The number of nitrogens with zero attached hydrogens (tertiary/aromatic N) is 3. The molecule has 0 saturated heterocycles. The first-order chi connectivity index (χ1) is 12.5. The van der Waals surface area contributed by atoms with E-state index in [4.69, 9.17) is 0 Å². The van der Waals surface area contributed by atoms with Gasteiger partial charge >= 0.3 is 0 Å². The molecule has 0 N–H and O–H groups in total. The van der Waals surface area contributed by atoms with Crippen molar-refractivity contribution in [3.63, 3.8) is 0 Å². The molecule has 6 heteroatoms. The van der Waals surface area contributed by atoms with Crippen molar-refractivity contribution in [2.45, 2.75) is 19.4 Å². The van der Waals surface area contributed by atoms with Gasteiger partial charge < -0.3 is 4.90 Å². The van der Waals surface area contributed by atoms with Gasteiger partial charge in [0.2, 0.25) is 5.91 Å². The molecule has 2 aromatic rings. The molecule has 0 bridgehead atoms. The Morgan fingerprint density at radius 1 is 1.15 bits per heavy atom. The van der Waals surface area contributed by atoms with Crippen molar-refractivity contribution in [1.82, 2.24) is 9.91 Å². The van der Waals surface area contributed by atoms with Gasteiger partial charge in [-0.05, 0) is 23.3 Å². The molecule has 1 heterocycles. The molecule has 1 atom stereocenters. The summed E-state index contributed by atoms with van der Waals surface area (Å²) in [4.78, 5) is 25.5. The fourth-order valence-corrected chi connectivity index (χ4v) is 2.88. The maximum absolute atomic E-state index is 13.2. The van der Waals surface area contributed by atoms with Crippen LogP contribution < -0.4 is 0 Å². The lowest BCUT2D eigenvalue weighted by Crippen LogP contribution is -2.38. The van der Waals surface area contributed by atoms with Crippen LogP contribution in [0.5, 0.6) is 0 Å². The van der Waals surface area contributed by atoms with Crippen molar-refractivity contribution >= 4 is 17.5 Å². The molecule has 3 rings (SSSR count). The van der Waals surface area contributed by atoms with E-state index < -0.39 is 0 Å². The number of hydrogen-bond acceptors (Lipinski definition) is 3. The minimum atomic E-state index is -0.317. The van der Waals surface area contributed by atoms with Gasteiger partial charge in [0.15, 0.2) is 0 Å². The number of hydrogen-bond donors (Lipinski definition) is 0. The quantitative estimate of drug-likeness (QED) is 0.848. The average molecular weight is 353 g/mol. The summed E-state index contributed by atoms with van der Waals surface area (Å²) < 4.78 is 13.2. The van der Waals surface area contributed by atoms with Crippen LogP contribution in [-0.2, 0) is 9.59 Å². The molecule has 26 heavy (non-hydrogen) atoms. The number of hydrazone groups is 1. The topological polar surface area (TPSA) is 53.0 Å². The van der Waals surface area contributed by atoms with Crippen LogP contribution in [0.1, 0.15) is 30.5 Å². The second-order valence-corrected chi connectivity index (χ2v) is 6.30. The average Bonchev–Trinajstić information content (AvgIpc) is 3.08. The fraction of sp³-hybridized carbons (Fsp3) is 0.250. The van der Waals surface area contributed by atoms with E-state index in [1.54, 1.807) is 19.2 Å². The third-order valence-electron chi connectivity index (χ3n) is 4.44. The van der Waals surface area contributed by atoms with E-state index in [-0.39, 0.29) is 30.2 Å². The predicted octanol–water partition coefficient (Wildman–Crippen LogP) is 2.98. The van der Waals surface area contributed by atoms with Crippen LogP contribution in [0.2, 0.25) is 0 Å². The number of benzene rings is 2. The van der Waals surface area contributed by atoms with Gasteiger partial charge in [0.05, 0.1) is 11.8 Å². The fourth-order valence-electron chi connectivity index (χ4n) is 2.88. The number of amides is 2. The van der Waals surface area contributed by atoms with Gasteiger partial charge in [0.25, 0.3) is 5.91 Å². The Balaban J connectivity index is 1.90. The lowest BCUT2D eigenvalue weighted by Gasteiger charge is -2.24. The molecule has 0 aliphatic carbocycles. The minimum absolute atomic E-state index is 0.0428. The zero-order chi connectivity index (χ0) is 18.7. The van der Waals surface area contributed by atoms with Gasteiger partial charge in [-0.2, -0.15) is 5.10 Å². The maximum atomic E-state index is 13.2. The van der Waals surface area contributed by atoms with Gasteiger partial charge in [0.1, 0.15) is 12.4 Å². The molecule has 1 aliphatic rings. The highest BCUT2D eigenvalue weighted by molar-refractivity contribution is 6.03. The van der Waals surface area contributed by atoms with Crippen molar-refractivity contribution in [2.24, 2.45) is 5.10 Å². The zero-order valence-electron chi connectivity index (χ0n) is 14.7. The lowest BCUT2D eigenvalue weighted by molar-refractivity contribution is -0.139. The summed E-state index contributed by atoms with van der Waals surface area (Å²) in [5.74, 6) is -0.756. The molecule has 0 saturated carbocycles. The van der Waals surface area contributed by atoms with Crippen molar-refractivity contribution in [3.05, 3.63) is 71.5 Å². The molecule has 2 amide bonds. The second kappa shape index (κ2) is 7.47. The first kappa shape index (κ1) is 17.8. The predicted molar refractivity (Wildman–Crippen MR) is 96.9 cm³/mol. The summed E-state index contributed by atoms with van der Waals surface area (Å²) in [6, 6.07) is 15.5. The van der Waals surface area contributed by atoms with Crippen LogP contribution in [0.3, 0.4) is 0 Å². The molecule has 0 spiro atoms. The molecule has 5 nitrogen and oxygen atoms in total. The first-order valence-corrected chi connectivity index (χ1v) is 8.38. The van der Waals surface area contributed by atoms with E-state index in [1.807, 2.05) is 30.3 Å². The van der Waals surface area contributed by atoms with Crippen molar-refractivity contribution < 1.29 is 14.0 Å². The monoisotopic (exact) mass is 353 g/mol. The van der Waals surface area contributed by atoms with Crippen molar-refractivity contribution in [3.8, 4) is 0 Å². The molecular weight excluding hydrogens is 333 g/mol. The smallest absolute Gasteiger partial charge is 0.262 e. The van der Waals surface area contributed by atoms with Gasteiger partial charge in [-0.15, -0.1) is 0 Å². The van der Waals surface area contributed by atoms with Gasteiger partial charge in [-0.1, -0.05) is 42.5 Å². The molecule has 134 valence electrons. The molecule has 2 aromatic carbocycles. The van der Waals surface area contributed by atoms with E-state index in [1.165, 1.54) is 29.0 Å². The molecular formula is C20H20FN3O2. The van der Waals surface area contributed by atoms with E-state index in [0.717, 1.165) is 16.8 Å². The van der Waals surface area contributed by atoms with Crippen LogP contribution in [0, 0.1) is 5.82 Å². The Bertz CT molecular complexity index is 834. The van der Waals surface area contributed by atoms with E-state index in [9.17, 15) is 14.0 Å². The largest absolute Gasteiger partial charge is 0.337 e. The molecule has 0 radical (unpaired) electrons. The SMILES string of the molecule is CC(=O)N(C)CC(=O)N1N=C(c2ccc(F)cc2)CC1c1ccccc1. The van der Waals surface area contributed by atoms with E-state index in [2.05, 4.69) is 5.10 Å². The lowest BCUT2D eigenvalue weighted by atomic mass is 9.98. The van der Waals surface area contributed by atoms with E-state index >= 15 is 0 Å². The number of halogens is 1. The standard InChI is InChI=1S/C20H20FN3O2/c1-14(25)23(2)13-20(26)24-19(16-6-4-3-5-7-16)12-18(22-24)15-8-10-17(21)11-9-15/h3-11,19H,12-13H2,1-2H3. The Labute approximate surface area is 151 Å². The van der Waals surface area contributed by atoms with Crippen molar-refractivity contribution in [1.29, 1.82) is 0 Å². The minimum Gasteiger partial charge on any atom is -0.337 e. The van der Waals surface area contributed by atoms with Crippen LogP contribution in [0.4, 0.5) is 4.39 Å². The maximum Gasteiger partial charge on any atom is 0.262 e. The van der Waals surface area contributed by atoms with Crippen LogP contribution in [0.15, 0.2) is 59.7 Å². The molecule has 0 fully saturated rings. The number of likely N-dealkylation sites (N-methyl/N-ethyl adjacent to an activating group) is 1. The Kier molecular flexibility index (Phi) is 5.11. The molecule has 1 aliphatic heterocycles. The highest BCUT2D eigenvalue weighted by atomic mass is 19.1. The molecule has 1 unspecified atom stereocenters. The van der Waals surface area contributed by atoms with Gasteiger partial charge in [-0.25, -0.2) is 9.40 Å². The number of rotatable bonds is 4. The Hall–Kier alpha value is -3.02. The third-order valence-corrected chi connectivity index (χ3v) is 4.44. The summed E-state index contributed by atoms with van der Waals surface area (Å²) in [6.07, 6.45) is 0.533. The van der Waals surface area contributed by atoms with Gasteiger partial charge in [-0.3, -0.25) is 9.59 Å². The molecule has 0 aromatic heterocycles. The van der Waals surface area contributed by atoms with Crippen LogP contribution in [0.25, 0.3) is 0 Å². The highest BCUT2D eigenvalue weighted by Gasteiger charge is 2.33. The number of carbonyl (C=O) groups is 2. The Morgan fingerprint density at radius 3 is 2.42 bits per heavy atom. The van der Waals surface area contributed by atoms with Crippen molar-refractivity contribution in [2.75, 3.05) is 13.6 Å². The summed E-state index contributed by atoms with van der Waals surface area (Å²) in [6.45, 7) is 1.37. The summed E-state index contributed by atoms with van der Waals surface area (Å²) in [7, 11) is 1.58. The second-order valence-electron chi connectivity index (χ2n) is 6.30. The summed E-state index contributed by atoms with van der Waals surface area (Å²) >= 11 is 0. The third kappa shape index (κ3) is 3.79. The zero-order valence-corrected chi connectivity index (χ0v) is 14.7. The number of carbonyl (C=O) groups excluding carboxylic acids is 2. The summed E-state index contributed by atoms with van der Waals surface area (Å²) in [5.41, 5.74) is 2.47. The van der Waals surface area contributed by atoms with E-state index in [0.29, 0.717) is 6.42 Å². The Morgan fingerprint density at radius 2 is 1.81 bits per heavy atom. The summed E-state index contributed by atoms with van der Waals surface area (Å²) in [5, 5.41) is 5.94. The van der Waals surface area contributed by atoms with Crippen LogP contribution >= 0.6 is 0 Å². The first-order valence-electron chi connectivity index (χ1n) is 8.38. The normalized spacial score (nSPS) is 16.3. The highest BCUT2D eigenvalue weighted by Crippen LogP contribution is 2.32. The van der Waals surface area contributed by atoms with Gasteiger partial charge in [0, 0.05) is 20.4 Å².